The molecule has 0 saturated heterocycles. The summed E-state index contributed by atoms with van der Waals surface area (Å²) >= 11 is 0. The highest BCUT2D eigenvalue weighted by Gasteiger charge is 2.18. The van der Waals surface area contributed by atoms with Crippen LogP contribution in [0.1, 0.15) is 0 Å². The Hall–Kier alpha value is -6.46. The van der Waals surface area contributed by atoms with Gasteiger partial charge in [0, 0.05) is 33.8 Å². The summed E-state index contributed by atoms with van der Waals surface area (Å²) in [7, 11) is 0. The average Bonchev–Trinajstić information content (AvgIpc) is 3.55. The summed E-state index contributed by atoms with van der Waals surface area (Å²) in [5.74, 6) is 1.90. The van der Waals surface area contributed by atoms with E-state index in [0.29, 0.717) is 23.2 Å². The van der Waals surface area contributed by atoms with Gasteiger partial charge in [-0.15, -0.1) is 0 Å². The summed E-state index contributed by atoms with van der Waals surface area (Å²) in [6.07, 6.45) is 1.81. The van der Waals surface area contributed by atoms with Gasteiger partial charge in [0.15, 0.2) is 17.5 Å². The molecule has 3 heterocycles. The molecule has 6 aromatic carbocycles. The minimum absolute atomic E-state index is 0.618. The molecule has 0 fully saturated rings. The first-order valence-corrected chi connectivity index (χ1v) is 15.6. The predicted octanol–water partition coefficient (Wildman–Crippen LogP) is 10.7. The first-order chi connectivity index (χ1) is 23.3. The Balaban J connectivity index is 1.14. The molecule has 5 nitrogen and oxygen atoms in total. The van der Waals surface area contributed by atoms with Crippen molar-refractivity contribution in [2.24, 2.45) is 0 Å². The van der Waals surface area contributed by atoms with Crippen molar-refractivity contribution in [1.82, 2.24) is 19.9 Å². The molecule has 0 bridgehead atoms. The molecule has 47 heavy (non-hydrogen) atoms. The SMILES string of the molecule is c1ccc(-c2nc(-c3ccccc3)nc(-c3ccc(-c4ccnc5oc6c(-c7ccc8ccccc8c7)cccc6c45)cc3)n2)cc1. The molecule has 0 N–H and O–H groups in total. The summed E-state index contributed by atoms with van der Waals surface area (Å²) < 4.78 is 6.48. The fourth-order valence-electron chi connectivity index (χ4n) is 6.28. The molecule has 0 aliphatic rings. The quantitative estimate of drug-likeness (QED) is 0.196. The van der Waals surface area contributed by atoms with Gasteiger partial charge in [-0.3, -0.25) is 0 Å². The van der Waals surface area contributed by atoms with E-state index in [2.05, 4.69) is 96.0 Å². The Morgan fingerprint density at radius 3 is 1.66 bits per heavy atom. The van der Waals surface area contributed by atoms with E-state index in [1.807, 2.05) is 66.9 Å². The van der Waals surface area contributed by atoms with Gasteiger partial charge in [-0.25, -0.2) is 19.9 Å². The van der Waals surface area contributed by atoms with Gasteiger partial charge in [0.2, 0.25) is 5.71 Å². The largest absolute Gasteiger partial charge is 0.437 e. The van der Waals surface area contributed by atoms with Crippen molar-refractivity contribution in [2.75, 3.05) is 0 Å². The number of nitrogens with zero attached hydrogens (tertiary/aromatic N) is 4. The minimum Gasteiger partial charge on any atom is -0.437 e. The lowest BCUT2D eigenvalue weighted by Crippen LogP contribution is -2.00. The number of pyridine rings is 1. The average molecular weight is 603 g/mol. The Morgan fingerprint density at radius 2 is 0.979 bits per heavy atom. The van der Waals surface area contributed by atoms with E-state index in [0.717, 1.165) is 55.3 Å². The molecule has 0 aliphatic heterocycles. The molecule has 3 aromatic heterocycles. The second-order valence-electron chi connectivity index (χ2n) is 11.5. The number of fused-ring (bicyclic) bond motifs is 4. The summed E-state index contributed by atoms with van der Waals surface area (Å²) in [6, 6.07) is 51.8. The number of para-hydroxylation sites is 1. The lowest BCUT2D eigenvalue weighted by Gasteiger charge is -2.09. The van der Waals surface area contributed by atoms with Gasteiger partial charge in [-0.1, -0.05) is 140 Å². The third-order valence-corrected chi connectivity index (χ3v) is 8.61. The van der Waals surface area contributed by atoms with Gasteiger partial charge < -0.3 is 4.42 Å². The van der Waals surface area contributed by atoms with Crippen molar-refractivity contribution in [3.8, 4) is 56.4 Å². The molecule has 0 saturated carbocycles. The fourth-order valence-corrected chi connectivity index (χ4v) is 6.28. The van der Waals surface area contributed by atoms with Crippen LogP contribution in [0.3, 0.4) is 0 Å². The maximum absolute atomic E-state index is 6.48. The molecule has 5 heteroatoms. The molecule has 0 amide bonds. The van der Waals surface area contributed by atoms with Crippen LogP contribution >= 0.6 is 0 Å². The van der Waals surface area contributed by atoms with Gasteiger partial charge in [0.1, 0.15) is 5.58 Å². The maximum atomic E-state index is 6.48. The second kappa shape index (κ2) is 11.2. The van der Waals surface area contributed by atoms with Crippen LogP contribution in [0.2, 0.25) is 0 Å². The number of furan rings is 1. The third kappa shape index (κ3) is 4.82. The first-order valence-electron chi connectivity index (χ1n) is 15.6. The van der Waals surface area contributed by atoms with E-state index in [-0.39, 0.29) is 0 Å². The minimum atomic E-state index is 0.618. The van der Waals surface area contributed by atoms with Crippen LogP contribution in [0.5, 0.6) is 0 Å². The Kier molecular flexibility index (Phi) is 6.39. The monoisotopic (exact) mass is 602 g/mol. The van der Waals surface area contributed by atoms with Crippen molar-refractivity contribution in [3.63, 3.8) is 0 Å². The van der Waals surface area contributed by atoms with Crippen molar-refractivity contribution in [2.45, 2.75) is 0 Å². The van der Waals surface area contributed by atoms with Crippen molar-refractivity contribution < 1.29 is 4.42 Å². The van der Waals surface area contributed by atoms with Crippen LogP contribution < -0.4 is 0 Å². The van der Waals surface area contributed by atoms with Gasteiger partial charge in [0.25, 0.3) is 0 Å². The fraction of sp³-hybridized carbons (Fsp3) is 0. The molecule has 220 valence electrons. The standard InChI is InChI=1S/C42H26N4O/c1-3-11-29(12-4-1)39-44-40(30-13-5-2-6-14-30)46-41(45-39)31-21-19-28(20-22-31)34-24-25-43-42-37(34)36-17-9-16-35(38(36)47-42)33-23-18-27-10-7-8-15-32(27)26-33/h1-26H. The van der Waals surface area contributed by atoms with Crippen molar-refractivity contribution in [3.05, 3.63) is 158 Å². The smallest absolute Gasteiger partial charge is 0.227 e. The van der Waals surface area contributed by atoms with Gasteiger partial charge in [0.05, 0.1) is 5.39 Å². The normalized spacial score (nSPS) is 11.4. The number of rotatable bonds is 5. The van der Waals surface area contributed by atoms with Crippen LogP contribution in [0.15, 0.2) is 162 Å². The summed E-state index contributed by atoms with van der Waals surface area (Å²) in [4.78, 5) is 19.3. The van der Waals surface area contributed by atoms with Gasteiger partial charge >= 0.3 is 0 Å². The highest BCUT2D eigenvalue weighted by Crippen LogP contribution is 2.40. The Labute approximate surface area is 270 Å². The first kappa shape index (κ1) is 26.9. The highest BCUT2D eigenvalue weighted by atomic mass is 16.3. The third-order valence-electron chi connectivity index (χ3n) is 8.61. The zero-order valence-electron chi connectivity index (χ0n) is 25.2. The van der Waals surface area contributed by atoms with E-state index in [4.69, 9.17) is 19.4 Å². The Bertz CT molecular complexity index is 2500. The summed E-state index contributed by atoms with van der Waals surface area (Å²) in [5, 5.41) is 4.44. The van der Waals surface area contributed by atoms with E-state index >= 15 is 0 Å². The summed E-state index contributed by atoms with van der Waals surface area (Å²) in [6.45, 7) is 0. The lowest BCUT2D eigenvalue weighted by atomic mass is 9.97. The molecule has 0 aliphatic carbocycles. The highest BCUT2D eigenvalue weighted by molar-refractivity contribution is 6.14. The molecular formula is C42H26N4O. The van der Waals surface area contributed by atoms with Gasteiger partial charge in [-0.2, -0.15) is 0 Å². The molecule has 0 unspecified atom stereocenters. The van der Waals surface area contributed by atoms with Crippen molar-refractivity contribution in [1.29, 1.82) is 0 Å². The predicted molar refractivity (Wildman–Crippen MR) is 190 cm³/mol. The Morgan fingerprint density at radius 1 is 0.404 bits per heavy atom. The number of benzene rings is 6. The van der Waals surface area contributed by atoms with Crippen molar-refractivity contribution >= 4 is 32.8 Å². The van der Waals surface area contributed by atoms with Crippen LogP contribution in [0.25, 0.3) is 89.3 Å². The molecule has 9 rings (SSSR count). The van der Waals surface area contributed by atoms with Crippen LogP contribution in [0, 0.1) is 0 Å². The van der Waals surface area contributed by atoms with Crippen LogP contribution in [-0.2, 0) is 0 Å². The lowest BCUT2D eigenvalue weighted by molar-refractivity contribution is 0.655. The van der Waals surface area contributed by atoms with Crippen LogP contribution in [0.4, 0.5) is 0 Å². The van der Waals surface area contributed by atoms with E-state index in [9.17, 15) is 0 Å². The van der Waals surface area contributed by atoms with E-state index in [1.165, 1.54) is 10.8 Å². The molecular weight excluding hydrogens is 576 g/mol. The number of hydrogen-bond acceptors (Lipinski definition) is 5. The van der Waals surface area contributed by atoms with Gasteiger partial charge in [-0.05, 0) is 39.6 Å². The number of aromatic nitrogens is 4. The van der Waals surface area contributed by atoms with E-state index in [1.54, 1.807) is 0 Å². The topological polar surface area (TPSA) is 64.7 Å². The zero-order chi connectivity index (χ0) is 31.2. The second-order valence-corrected chi connectivity index (χ2v) is 11.5. The summed E-state index contributed by atoms with van der Waals surface area (Å²) in [5.41, 5.74) is 8.52. The van der Waals surface area contributed by atoms with Crippen LogP contribution in [-0.4, -0.2) is 19.9 Å². The molecule has 0 atom stereocenters. The zero-order valence-corrected chi connectivity index (χ0v) is 25.2. The molecule has 9 aromatic rings. The van der Waals surface area contributed by atoms with E-state index < -0.39 is 0 Å². The number of hydrogen-bond donors (Lipinski definition) is 0. The molecule has 0 spiro atoms. The molecule has 0 radical (unpaired) electrons. The maximum Gasteiger partial charge on any atom is 0.227 e.